The van der Waals surface area contributed by atoms with E-state index in [1.807, 2.05) is 6.08 Å². The third-order valence-corrected chi connectivity index (χ3v) is 5.14. The first-order valence-electron chi connectivity index (χ1n) is 10.8. The lowest BCUT2D eigenvalue weighted by molar-refractivity contribution is 0.399. The maximum Gasteiger partial charge on any atom is 0.00592 e. The van der Waals surface area contributed by atoms with Crippen molar-refractivity contribution in [1.82, 2.24) is 4.90 Å². The molecule has 0 saturated heterocycles. The molecule has 0 amide bonds. The average Bonchev–Trinajstić information content (AvgIpc) is 2.62. The minimum absolute atomic E-state index is 1.06. The van der Waals surface area contributed by atoms with E-state index in [0.717, 1.165) is 25.8 Å². The number of unbranched alkanes of at least 4 members (excludes halogenated alkanes) is 5. The van der Waals surface area contributed by atoms with Gasteiger partial charge in [-0.1, -0.05) is 54.9 Å². The van der Waals surface area contributed by atoms with Gasteiger partial charge in [0, 0.05) is 5.57 Å². The first kappa shape index (κ1) is 23.5. The highest BCUT2D eigenvalue weighted by Crippen LogP contribution is 2.25. The first-order valence-corrected chi connectivity index (χ1v) is 10.8. The molecule has 0 aromatic rings. The first-order chi connectivity index (χ1) is 13.0. The van der Waals surface area contributed by atoms with E-state index in [1.165, 1.54) is 80.1 Å². The van der Waals surface area contributed by atoms with Crippen LogP contribution in [0.1, 0.15) is 84.0 Å². The number of nitrogens with zero attached hydrogens (tertiary/aromatic N) is 1. The van der Waals surface area contributed by atoms with Gasteiger partial charge in [-0.2, -0.15) is 0 Å². The summed E-state index contributed by atoms with van der Waals surface area (Å²) in [6, 6.07) is 0. The van der Waals surface area contributed by atoms with E-state index in [4.69, 9.17) is 0 Å². The zero-order valence-corrected chi connectivity index (χ0v) is 18.2. The van der Waals surface area contributed by atoms with Gasteiger partial charge in [0.05, 0.1) is 0 Å². The van der Waals surface area contributed by atoms with E-state index < -0.39 is 0 Å². The SMILES string of the molecule is C=C(C)CCCCCCCCC1=CC=C=C=C1CCC(=C)CCCN(C)C. The Morgan fingerprint density at radius 2 is 1.59 bits per heavy atom. The third-order valence-electron chi connectivity index (χ3n) is 5.14. The van der Waals surface area contributed by atoms with E-state index in [2.05, 4.69) is 56.6 Å². The lowest BCUT2D eigenvalue weighted by Gasteiger charge is -2.13. The van der Waals surface area contributed by atoms with Gasteiger partial charge in [-0.15, -0.1) is 6.58 Å². The minimum atomic E-state index is 1.06. The number of hydrogen-bond acceptors (Lipinski definition) is 1. The van der Waals surface area contributed by atoms with Crippen LogP contribution in [0.2, 0.25) is 0 Å². The Balaban J connectivity index is 2.19. The molecule has 0 radical (unpaired) electrons. The van der Waals surface area contributed by atoms with Gasteiger partial charge in [0.25, 0.3) is 0 Å². The van der Waals surface area contributed by atoms with Gasteiger partial charge in [-0.05, 0) is 96.7 Å². The zero-order chi connectivity index (χ0) is 19.9. The van der Waals surface area contributed by atoms with Crippen LogP contribution in [0.15, 0.2) is 59.1 Å². The quantitative estimate of drug-likeness (QED) is 0.155. The molecule has 0 N–H and O–H groups in total. The van der Waals surface area contributed by atoms with Crippen molar-refractivity contribution >= 4 is 0 Å². The maximum atomic E-state index is 4.27. The van der Waals surface area contributed by atoms with Crippen LogP contribution in [-0.2, 0) is 0 Å². The second-order valence-electron chi connectivity index (χ2n) is 8.34. The highest BCUT2D eigenvalue weighted by atomic mass is 15.0. The Morgan fingerprint density at radius 1 is 0.889 bits per heavy atom. The van der Waals surface area contributed by atoms with E-state index in [1.54, 1.807) is 0 Å². The number of rotatable bonds is 16. The summed E-state index contributed by atoms with van der Waals surface area (Å²) in [6.07, 6.45) is 19.1. The van der Waals surface area contributed by atoms with Crippen LogP contribution in [-0.4, -0.2) is 25.5 Å². The summed E-state index contributed by atoms with van der Waals surface area (Å²) in [5, 5.41) is 0. The van der Waals surface area contributed by atoms with Gasteiger partial charge in [0.1, 0.15) is 0 Å². The van der Waals surface area contributed by atoms with Crippen molar-refractivity contribution < 1.29 is 0 Å². The Kier molecular flexibility index (Phi) is 12.7. The topological polar surface area (TPSA) is 3.24 Å². The summed E-state index contributed by atoms with van der Waals surface area (Å²) >= 11 is 0. The highest BCUT2D eigenvalue weighted by molar-refractivity contribution is 5.36. The molecule has 0 bridgehead atoms. The van der Waals surface area contributed by atoms with Gasteiger partial charge in [0.2, 0.25) is 0 Å². The molecular weight excluding hydrogens is 326 g/mol. The van der Waals surface area contributed by atoms with Crippen LogP contribution in [0.4, 0.5) is 0 Å². The molecule has 1 heteroatoms. The van der Waals surface area contributed by atoms with E-state index >= 15 is 0 Å². The number of allylic oxidation sites excluding steroid dienone is 6. The normalized spacial score (nSPS) is 13.0. The van der Waals surface area contributed by atoms with Gasteiger partial charge >= 0.3 is 0 Å². The predicted octanol–water partition coefficient (Wildman–Crippen LogP) is 7.54. The van der Waals surface area contributed by atoms with Crippen LogP contribution >= 0.6 is 0 Å². The Bertz CT molecular complexity index is 590. The molecule has 0 fully saturated rings. The second-order valence-corrected chi connectivity index (χ2v) is 8.34. The van der Waals surface area contributed by atoms with Crippen molar-refractivity contribution in [2.45, 2.75) is 84.0 Å². The molecule has 0 atom stereocenters. The van der Waals surface area contributed by atoms with E-state index in [0.29, 0.717) is 0 Å². The lowest BCUT2D eigenvalue weighted by Crippen LogP contribution is -2.12. The van der Waals surface area contributed by atoms with Gasteiger partial charge in [-0.3, -0.25) is 0 Å². The van der Waals surface area contributed by atoms with Crippen molar-refractivity contribution in [2.75, 3.05) is 20.6 Å². The summed E-state index contributed by atoms with van der Waals surface area (Å²) in [5.74, 6) is 0. The van der Waals surface area contributed by atoms with Crippen molar-refractivity contribution in [3.63, 3.8) is 0 Å². The summed E-state index contributed by atoms with van der Waals surface area (Å²) in [5.41, 5.74) is 12.0. The fourth-order valence-corrected chi connectivity index (χ4v) is 3.43. The molecule has 150 valence electrons. The smallest absolute Gasteiger partial charge is 0.00592 e. The van der Waals surface area contributed by atoms with Crippen LogP contribution in [0.25, 0.3) is 0 Å². The predicted molar refractivity (Wildman–Crippen MR) is 121 cm³/mol. The molecule has 0 unspecified atom stereocenters. The second kappa shape index (κ2) is 14.5. The fraction of sp³-hybridized carbons (Fsp3) is 0.615. The summed E-state index contributed by atoms with van der Waals surface area (Å²) < 4.78 is 0. The Morgan fingerprint density at radius 3 is 2.30 bits per heavy atom. The average molecular weight is 368 g/mol. The molecule has 1 aliphatic carbocycles. The molecule has 0 aromatic carbocycles. The molecular formula is C26H41N. The molecule has 0 aromatic heterocycles. The fourth-order valence-electron chi connectivity index (χ4n) is 3.43. The zero-order valence-electron chi connectivity index (χ0n) is 18.2. The third kappa shape index (κ3) is 12.5. The van der Waals surface area contributed by atoms with Crippen molar-refractivity contribution in [3.8, 4) is 0 Å². The van der Waals surface area contributed by atoms with E-state index in [-0.39, 0.29) is 0 Å². The molecule has 1 nitrogen and oxygen atoms in total. The van der Waals surface area contributed by atoms with Crippen LogP contribution in [0.5, 0.6) is 0 Å². The molecule has 0 heterocycles. The van der Waals surface area contributed by atoms with Gasteiger partial charge in [-0.25, -0.2) is 0 Å². The number of hydrogen-bond donors (Lipinski definition) is 0. The molecule has 1 rings (SSSR count). The molecule has 1 aliphatic rings. The van der Waals surface area contributed by atoms with Crippen molar-refractivity contribution in [3.05, 3.63) is 59.1 Å². The minimum Gasteiger partial charge on any atom is -0.309 e. The standard InChI is InChI=1S/C26H41N/c1-23(2)15-10-8-6-7-9-11-17-25-18-12-13-19-26(25)21-20-24(3)16-14-22-27(4)5/h12,18H,1,3,6-11,14-17,20-22H2,2,4-5H3. The largest absolute Gasteiger partial charge is 0.309 e. The van der Waals surface area contributed by atoms with Crippen LogP contribution < -0.4 is 0 Å². The summed E-state index contributed by atoms with van der Waals surface area (Å²) in [4.78, 5) is 2.24. The molecule has 0 aliphatic heterocycles. The van der Waals surface area contributed by atoms with Crippen LogP contribution in [0.3, 0.4) is 0 Å². The monoisotopic (exact) mass is 367 g/mol. The maximum absolute atomic E-state index is 4.27. The molecule has 0 spiro atoms. The van der Waals surface area contributed by atoms with E-state index in [9.17, 15) is 0 Å². The lowest BCUT2D eigenvalue weighted by atomic mass is 9.92. The van der Waals surface area contributed by atoms with Crippen LogP contribution in [0, 0.1) is 0 Å². The summed E-state index contributed by atoms with van der Waals surface area (Å²) in [6.45, 7) is 11.5. The van der Waals surface area contributed by atoms with Crippen molar-refractivity contribution in [1.29, 1.82) is 0 Å². The molecule has 27 heavy (non-hydrogen) atoms. The Labute approximate surface area is 168 Å². The highest BCUT2D eigenvalue weighted by Gasteiger charge is 2.08. The van der Waals surface area contributed by atoms with Gasteiger partial charge < -0.3 is 4.90 Å². The summed E-state index contributed by atoms with van der Waals surface area (Å²) in [7, 11) is 4.26. The molecule has 0 saturated carbocycles. The Hall–Kier alpha value is -1.52. The van der Waals surface area contributed by atoms with Crippen molar-refractivity contribution in [2.24, 2.45) is 0 Å². The van der Waals surface area contributed by atoms with Gasteiger partial charge in [0.15, 0.2) is 0 Å².